The third-order valence-electron chi connectivity index (χ3n) is 2.39. The number of hydrogen-bond acceptors (Lipinski definition) is 4. The number of aromatic amines is 1. The Morgan fingerprint density at radius 3 is 3.00 bits per heavy atom. The lowest BCUT2D eigenvalue weighted by atomic mass is 10.1. The average Bonchev–Trinajstić information content (AvgIpc) is 2.84. The Labute approximate surface area is 113 Å². The van der Waals surface area contributed by atoms with Crippen molar-refractivity contribution in [3.8, 4) is 0 Å². The van der Waals surface area contributed by atoms with E-state index in [2.05, 4.69) is 15.2 Å². The summed E-state index contributed by atoms with van der Waals surface area (Å²) >= 11 is 5.68. The van der Waals surface area contributed by atoms with E-state index in [0.717, 1.165) is 0 Å². The number of benzene rings is 1. The van der Waals surface area contributed by atoms with Crippen LogP contribution in [0.4, 0.5) is 4.39 Å². The molecule has 1 heterocycles. The Bertz CT molecular complexity index is 600. The van der Waals surface area contributed by atoms with Crippen molar-refractivity contribution in [2.45, 2.75) is 13.3 Å². The number of hydrogen-bond donors (Lipinski definition) is 1. The van der Waals surface area contributed by atoms with Crippen molar-refractivity contribution < 1.29 is 13.9 Å². The minimum absolute atomic E-state index is 0.000661. The number of nitrogens with zero attached hydrogens (tertiary/aromatic N) is 2. The minimum Gasteiger partial charge on any atom is -0.460 e. The second kappa shape index (κ2) is 5.79. The molecule has 1 aromatic heterocycles. The maximum Gasteiger partial charge on any atom is 0.376 e. The second-order valence-corrected chi connectivity index (χ2v) is 4.14. The highest BCUT2D eigenvalue weighted by atomic mass is 35.5. The molecule has 2 aromatic rings. The lowest BCUT2D eigenvalue weighted by molar-refractivity contribution is 0.0512. The fourth-order valence-electron chi connectivity index (χ4n) is 1.53. The number of carbonyl (C=O) groups is 1. The molecular formula is C12H11ClFN3O2. The molecule has 0 amide bonds. The zero-order valence-electron chi connectivity index (χ0n) is 10.1. The molecule has 1 N–H and O–H groups in total. The van der Waals surface area contributed by atoms with Crippen molar-refractivity contribution in [2.24, 2.45) is 0 Å². The fraction of sp³-hybridized carbons (Fsp3) is 0.250. The maximum absolute atomic E-state index is 13.7. The van der Waals surface area contributed by atoms with Gasteiger partial charge in [0, 0.05) is 6.42 Å². The SMILES string of the molecule is CCOC(=O)c1nnc(Cc2cccc(Cl)c2F)[nH]1. The van der Waals surface area contributed by atoms with E-state index >= 15 is 0 Å². The fourth-order valence-corrected chi connectivity index (χ4v) is 1.73. The first-order chi connectivity index (χ1) is 9.11. The number of ether oxygens (including phenoxy) is 1. The highest BCUT2D eigenvalue weighted by Gasteiger charge is 2.14. The van der Waals surface area contributed by atoms with Crippen LogP contribution in [0.15, 0.2) is 18.2 Å². The first kappa shape index (κ1) is 13.5. The molecule has 0 radical (unpaired) electrons. The summed E-state index contributed by atoms with van der Waals surface area (Å²) in [5.41, 5.74) is 0.374. The monoisotopic (exact) mass is 283 g/mol. The summed E-state index contributed by atoms with van der Waals surface area (Å²) in [6, 6.07) is 4.70. The molecule has 0 aliphatic rings. The van der Waals surface area contributed by atoms with Crippen LogP contribution in [0.1, 0.15) is 28.9 Å². The van der Waals surface area contributed by atoms with E-state index in [-0.39, 0.29) is 23.9 Å². The number of rotatable bonds is 4. The predicted octanol–water partition coefficient (Wildman–Crippen LogP) is 2.36. The van der Waals surface area contributed by atoms with Gasteiger partial charge in [-0.3, -0.25) is 0 Å². The minimum atomic E-state index is -0.590. The highest BCUT2D eigenvalue weighted by Crippen LogP contribution is 2.19. The van der Waals surface area contributed by atoms with Gasteiger partial charge in [0.15, 0.2) is 0 Å². The summed E-state index contributed by atoms with van der Waals surface area (Å²) in [5.74, 6) is -0.727. The molecule has 100 valence electrons. The normalized spacial score (nSPS) is 10.5. The van der Waals surface area contributed by atoms with Gasteiger partial charge in [0.1, 0.15) is 11.6 Å². The third-order valence-corrected chi connectivity index (χ3v) is 2.68. The van der Waals surface area contributed by atoms with Gasteiger partial charge < -0.3 is 9.72 Å². The van der Waals surface area contributed by atoms with Gasteiger partial charge in [-0.15, -0.1) is 10.2 Å². The Morgan fingerprint density at radius 2 is 2.26 bits per heavy atom. The van der Waals surface area contributed by atoms with Crippen molar-refractivity contribution in [1.82, 2.24) is 15.2 Å². The van der Waals surface area contributed by atoms with E-state index in [1.807, 2.05) is 0 Å². The smallest absolute Gasteiger partial charge is 0.376 e. The van der Waals surface area contributed by atoms with E-state index in [9.17, 15) is 9.18 Å². The molecule has 0 saturated heterocycles. The zero-order valence-corrected chi connectivity index (χ0v) is 10.9. The summed E-state index contributed by atoms with van der Waals surface area (Å²) < 4.78 is 18.5. The first-order valence-electron chi connectivity index (χ1n) is 5.63. The summed E-state index contributed by atoms with van der Waals surface area (Å²) in [5, 5.41) is 7.46. The van der Waals surface area contributed by atoms with Crippen LogP contribution in [0.5, 0.6) is 0 Å². The molecule has 0 atom stereocenters. The van der Waals surface area contributed by atoms with Crippen molar-refractivity contribution in [3.63, 3.8) is 0 Å². The number of carbonyl (C=O) groups excluding carboxylic acids is 1. The predicted molar refractivity (Wildman–Crippen MR) is 66.6 cm³/mol. The molecule has 0 aliphatic heterocycles. The summed E-state index contributed by atoms with van der Waals surface area (Å²) in [7, 11) is 0. The molecule has 7 heteroatoms. The van der Waals surface area contributed by atoms with Crippen LogP contribution in [0.25, 0.3) is 0 Å². The molecule has 5 nitrogen and oxygen atoms in total. The lowest BCUT2D eigenvalue weighted by Crippen LogP contribution is -2.06. The molecule has 2 rings (SSSR count). The van der Waals surface area contributed by atoms with Crippen LogP contribution >= 0.6 is 11.6 Å². The van der Waals surface area contributed by atoms with Gasteiger partial charge in [-0.25, -0.2) is 9.18 Å². The molecule has 0 unspecified atom stereocenters. The van der Waals surface area contributed by atoms with Gasteiger partial charge in [-0.05, 0) is 18.6 Å². The molecule has 1 aromatic carbocycles. The molecule has 0 saturated carbocycles. The molecule has 0 fully saturated rings. The van der Waals surface area contributed by atoms with Crippen molar-refractivity contribution in [1.29, 1.82) is 0 Å². The summed E-state index contributed by atoms with van der Waals surface area (Å²) in [6.07, 6.45) is 0.165. The van der Waals surface area contributed by atoms with Crippen LogP contribution in [0, 0.1) is 5.82 Å². The lowest BCUT2D eigenvalue weighted by Gasteiger charge is -2.01. The molecule has 0 bridgehead atoms. The maximum atomic E-state index is 13.7. The van der Waals surface area contributed by atoms with Gasteiger partial charge in [-0.1, -0.05) is 23.7 Å². The van der Waals surface area contributed by atoms with Gasteiger partial charge >= 0.3 is 5.97 Å². The Hall–Kier alpha value is -1.95. The summed E-state index contributed by atoms with van der Waals surface area (Å²) in [4.78, 5) is 14.1. The number of H-pyrrole nitrogens is 1. The largest absolute Gasteiger partial charge is 0.460 e. The van der Waals surface area contributed by atoms with E-state index in [0.29, 0.717) is 11.4 Å². The molecular weight excluding hydrogens is 273 g/mol. The van der Waals surface area contributed by atoms with E-state index < -0.39 is 11.8 Å². The van der Waals surface area contributed by atoms with Gasteiger partial charge in [0.05, 0.1) is 11.6 Å². The van der Waals surface area contributed by atoms with E-state index in [1.54, 1.807) is 19.1 Å². The van der Waals surface area contributed by atoms with Gasteiger partial charge in [0.25, 0.3) is 0 Å². The summed E-state index contributed by atoms with van der Waals surface area (Å²) in [6.45, 7) is 1.94. The van der Waals surface area contributed by atoms with Gasteiger partial charge in [0.2, 0.25) is 5.82 Å². The van der Waals surface area contributed by atoms with Crippen LogP contribution < -0.4 is 0 Å². The number of esters is 1. The van der Waals surface area contributed by atoms with Crippen LogP contribution in [0.2, 0.25) is 5.02 Å². The Kier molecular flexibility index (Phi) is 4.11. The van der Waals surface area contributed by atoms with Crippen molar-refractivity contribution in [2.75, 3.05) is 6.61 Å². The van der Waals surface area contributed by atoms with E-state index in [1.165, 1.54) is 6.07 Å². The van der Waals surface area contributed by atoms with Crippen LogP contribution in [-0.2, 0) is 11.2 Å². The number of aromatic nitrogens is 3. The van der Waals surface area contributed by atoms with Crippen molar-refractivity contribution >= 4 is 17.6 Å². The molecule has 19 heavy (non-hydrogen) atoms. The molecule has 0 spiro atoms. The number of halogens is 2. The Balaban J connectivity index is 2.16. The topological polar surface area (TPSA) is 67.9 Å². The standard InChI is InChI=1S/C12H11ClFN3O2/c1-2-19-12(18)11-15-9(16-17-11)6-7-4-3-5-8(13)10(7)14/h3-5H,2,6H2,1H3,(H,15,16,17). The van der Waals surface area contributed by atoms with Crippen molar-refractivity contribution in [3.05, 3.63) is 46.3 Å². The van der Waals surface area contributed by atoms with E-state index in [4.69, 9.17) is 16.3 Å². The zero-order chi connectivity index (χ0) is 13.8. The highest BCUT2D eigenvalue weighted by molar-refractivity contribution is 6.30. The van der Waals surface area contributed by atoms with Crippen LogP contribution in [-0.4, -0.2) is 27.8 Å². The Morgan fingerprint density at radius 1 is 1.47 bits per heavy atom. The second-order valence-electron chi connectivity index (χ2n) is 3.73. The number of nitrogens with one attached hydrogen (secondary N) is 1. The quantitative estimate of drug-likeness (QED) is 0.875. The third kappa shape index (κ3) is 3.08. The van der Waals surface area contributed by atoms with Crippen LogP contribution in [0.3, 0.4) is 0 Å². The average molecular weight is 284 g/mol. The first-order valence-corrected chi connectivity index (χ1v) is 6.01. The van der Waals surface area contributed by atoms with Gasteiger partial charge in [-0.2, -0.15) is 0 Å². The molecule has 0 aliphatic carbocycles.